The molecule has 1 nitrogen and oxygen atoms in total. The average molecular weight is 241 g/mol. The van der Waals surface area contributed by atoms with Gasteiger partial charge in [-0.1, -0.05) is 38.1 Å². The maximum atomic E-state index is 12.7. The summed E-state index contributed by atoms with van der Waals surface area (Å²) in [5, 5.41) is 0.716. The molecule has 1 aromatic heterocycles. The van der Waals surface area contributed by atoms with Gasteiger partial charge >= 0.3 is 6.18 Å². The van der Waals surface area contributed by atoms with Crippen LogP contribution in [0.3, 0.4) is 0 Å². The van der Waals surface area contributed by atoms with Crippen molar-refractivity contribution >= 4 is 10.8 Å². The molecule has 0 spiro atoms. The minimum absolute atomic E-state index is 0.0150. The molecule has 2 aromatic rings. The summed E-state index contributed by atoms with van der Waals surface area (Å²) in [7, 11) is 0. The van der Waals surface area contributed by atoms with Crippen LogP contribution in [0.4, 0.5) is 13.2 Å². The fourth-order valence-corrected chi connectivity index (χ4v) is 1.62. The van der Waals surface area contributed by atoms with E-state index in [-0.39, 0.29) is 11.1 Å². The number of aryl methyl sites for hydroxylation is 1. The summed E-state index contributed by atoms with van der Waals surface area (Å²) in [5.74, 6) is 0. The second-order valence-electron chi connectivity index (χ2n) is 3.30. The fraction of sp³-hybridized carbons (Fsp3) is 0.308. The second-order valence-corrected chi connectivity index (χ2v) is 3.30. The van der Waals surface area contributed by atoms with Crippen LogP contribution < -0.4 is 0 Å². The SMILES string of the molecule is CC.Cc1ncc2ccccc2c1C(F)(F)F. The third-order valence-electron chi connectivity index (χ3n) is 2.27. The zero-order valence-electron chi connectivity index (χ0n) is 9.97. The highest BCUT2D eigenvalue weighted by molar-refractivity contribution is 5.85. The molecule has 0 saturated carbocycles. The van der Waals surface area contributed by atoms with Gasteiger partial charge in [-0.25, -0.2) is 0 Å². The first-order valence-corrected chi connectivity index (χ1v) is 5.41. The monoisotopic (exact) mass is 241 g/mol. The largest absolute Gasteiger partial charge is 0.418 e. The first-order chi connectivity index (χ1) is 8.00. The summed E-state index contributed by atoms with van der Waals surface area (Å²) < 4.78 is 38.2. The molecule has 0 aliphatic heterocycles. The lowest BCUT2D eigenvalue weighted by Crippen LogP contribution is -2.09. The molecule has 0 amide bonds. The van der Waals surface area contributed by atoms with Crippen molar-refractivity contribution in [2.24, 2.45) is 0 Å². The molecule has 2 rings (SSSR count). The van der Waals surface area contributed by atoms with Crippen LogP contribution in [0.5, 0.6) is 0 Å². The zero-order chi connectivity index (χ0) is 13.1. The molecule has 0 bridgehead atoms. The van der Waals surface area contributed by atoms with Gasteiger partial charge in [-0.05, 0) is 12.3 Å². The van der Waals surface area contributed by atoms with E-state index >= 15 is 0 Å². The number of hydrogen-bond donors (Lipinski definition) is 0. The van der Waals surface area contributed by atoms with Gasteiger partial charge in [-0.3, -0.25) is 4.98 Å². The molecule has 0 aliphatic carbocycles. The van der Waals surface area contributed by atoms with Crippen molar-refractivity contribution in [2.75, 3.05) is 0 Å². The normalized spacial score (nSPS) is 10.9. The van der Waals surface area contributed by atoms with E-state index in [9.17, 15) is 13.2 Å². The summed E-state index contributed by atoms with van der Waals surface area (Å²) in [6, 6.07) is 6.38. The number of hydrogen-bond acceptors (Lipinski definition) is 1. The summed E-state index contributed by atoms with van der Waals surface area (Å²) in [6.07, 6.45) is -2.89. The minimum atomic E-state index is -4.35. The number of halogens is 3. The Kier molecular flexibility index (Phi) is 4.10. The highest BCUT2D eigenvalue weighted by Crippen LogP contribution is 2.35. The smallest absolute Gasteiger partial charge is 0.260 e. The maximum Gasteiger partial charge on any atom is 0.418 e. The van der Waals surface area contributed by atoms with Crippen LogP contribution in [0.15, 0.2) is 30.5 Å². The van der Waals surface area contributed by atoms with Crippen molar-refractivity contribution in [1.29, 1.82) is 0 Å². The number of aromatic nitrogens is 1. The maximum absolute atomic E-state index is 12.7. The van der Waals surface area contributed by atoms with E-state index in [1.165, 1.54) is 19.2 Å². The number of alkyl halides is 3. The molecule has 1 heterocycles. The summed E-state index contributed by atoms with van der Waals surface area (Å²) in [5.41, 5.74) is -0.623. The second kappa shape index (κ2) is 5.17. The Morgan fingerprint density at radius 2 is 1.65 bits per heavy atom. The summed E-state index contributed by atoms with van der Waals surface area (Å²) >= 11 is 0. The number of pyridine rings is 1. The quantitative estimate of drug-likeness (QED) is 0.657. The average Bonchev–Trinajstić information content (AvgIpc) is 2.29. The van der Waals surface area contributed by atoms with Gasteiger partial charge in [-0.2, -0.15) is 13.2 Å². The zero-order valence-corrected chi connectivity index (χ0v) is 9.97. The van der Waals surface area contributed by atoms with Crippen LogP contribution in [-0.2, 0) is 6.18 Å². The Labute approximate surface area is 98.3 Å². The Morgan fingerprint density at radius 3 is 2.24 bits per heavy atom. The van der Waals surface area contributed by atoms with Crippen LogP contribution in [0.1, 0.15) is 25.1 Å². The van der Waals surface area contributed by atoms with Crippen molar-refractivity contribution in [3.8, 4) is 0 Å². The van der Waals surface area contributed by atoms with Crippen molar-refractivity contribution in [3.63, 3.8) is 0 Å². The number of rotatable bonds is 0. The van der Waals surface area contributed by atoms with E-state index in [2.05, 4.69) is 4.98 Å². The van der Waals surface area contributed by atoms with Gasteiger partial charge in [0.05, 0.1) is 11.3 Å². The lowest BCUT2D eigenvalue weighted by atomic mass is 10.0. The lowest BCUT2D eigenvalue weighted by Gasteiger charge is -2.12. The van der Waals surface area contributed by atoms with Gasteiger partial charge in [-0.15, -0.1) is 0 Å². The Hall–Kier alpha value is -1.58. The molecule has 17 heavy (non-hydrogen) atoms. The summed E-state index contributed by atoms with van der Waals surface area (Å²) in [4.78, 5) is 3.75. The van der Waals surface area contributed by atoms with Gasteiger partial charge in [0.2, 0.25) is 0 Å². The van der Waals surface area contributed by atoms with Crippen molar-refractivity contribution in [2.45, 2.75) is 26.9 Å². The molecule has 1 aromatic carbocycles. The predicted molar refractivity (Wildman–Crippen MR) is 62.8 cm³/mol. The van der Waals surface area contributed by atoms with Gasteiger partial charge in [0.25, 0.3) is 0 Å². The number of benzene rings is 1. The molecule has 0 atom stereocenters. The lowest BCUT2D eigenvalue weighted by molar-refractivity contribution is -0.137. The highest BCUT2D eigenvalue weighted by Gasteiger charge is 2.34. The molecule has 92 valence electrons. The van der Waals surface area contributed by atoms with Crippen LogP contribution in [0.2, 0.25) is 0 Å². The topological polar surface area (TPSA) is 12.9 Å². The van der Waals surface area contributed by atoms with E-state index in [4.69, 9.17) is 0 Å². The standard InChI is InChI=1S/C11H8F3N.C2H6/c1-7-10(11(12,13)14)9-5-3-2-4-8(9)6-15-7;1-2/h2-6H,1H3;1-2H3. The predicted octanol–water partition coefficient (Wildman–Crippen LogP) is 4.59. The van der Waals surface area contributed by atoms with E-state index in [1.54, 1.807) is 18.2 Å². The van der Waals surface area contributed by atoms with E-state index in [1.807, 2.05) is 13.8 Å². The third kappa shape index (κ3) is 2.75. The van der Waals surface area contributed by atoms with E-state index < -0.39 is 11.7 Å². The molecule has 0 unspecified atom stereocenters. The van der Waals surface area contributed by atoms with Crippen LogP contribution in [0.25, 0.3) is 10.8 Å². The first kappa shape index (κ1) is 13.5. The fourth-order valence-electron chi connectivity index (χ4n) is 1.62. The minimum Gasteiger partial charge on any atom is -0.260 e. The van der Waals surface area contributed by atoms with Crippen molar-refractivity contribution in [1.82, 2.24) is 4.98 Å². The Morgan fingerprint density at radius 1 is 1.06 bits per heavy atom. The molecule has 0 radical (unpaired) electrons. The molecule has 0 N–H and O–H groups in total. The van der Waals surface area contributed by atoms with E-state index in [0.717, 1.165) is 0 Å². The summed E-state index contributed by atoms with van der Waals surface area (Å²) in [6.45, 7) is 5.37. The Balaban J connectivity index is 0.000000686. The highest BCUT2D eigenvalue weighted by atomic mass is 19.4. The Bertz CT molecular complexity index is 503. The molecular formula is C13H14F3N. The molecule has 0 fully saturated rings. The number of nitrogens with zero attached hydrogens (tertiary/aromatic N) is 1. The molecular weight excluding hydrogens is 227 g/mol. The molecule has 0 saturated heterocycles. The van der Waals surface area contributed by atoms with Crippen LogP contribution >= 0.6 is 0 Å². The van der Waals surface area contributed by atoms with Crippen molar-refractivity contribution < 1.29 is 13.2 Å². The van der Waals surface area contributed by atoms with E-state index in [0.29, 0.717) is 5.39 Å². The molecule has 0 aliphatic rings. The first-order valence-electron chi connectivity index (χ1n) is 5.41. The van der Waals surface area contributed by atoms with Gasteiger partial charge in [0.15, 0.2) is 0 Å². The van der Waals surface area contributed by atoms with Gasteiger partial charge in [0, 0.05) is 11.6 Å². The third-order valence-corrected chi connectivity index (χ3v) is 2.27. The van der Waals surface area contributed by atoms with Crippen molar-refractivity contribution in [3.05, 3.63) is 41.7 Å². The van der Waals surface area contributed by atoms with Gasteiger partial charge in [0.1, 0.15) is 0 Å². The molecule has 4 heteroatoms. The number of fused-ring (bicyclic) bond motifs is 1. The van der Waals surface area contributed by atoms with Crippen LogP contribution in [0, 0.1) is 6.92 Å². The van der Waals surface area contributed by atoms with Crippen LogP contribution in [-0.4, -0.2) is 4.98 Å². The van der Waals surface area contributed by atoms with Gasteiger partial charge < -0.3 is 0 Å².